The van der Waals surface area contributed by atoms with Gasteiger partial charge in [0, 0.05) is 18.3 Å². The Labute approximate surface area is 91.8 Å². The van der Waals surface area contributed by atoms with Gasteiger partial charge in [0.15, 0.2) is 0 Å². The highest BCUT2D eigenvalue weighted by Crippen LogP contribution is 2.24. The van der Waals surface area contributed by atoms with Gasteiger partial charge in [0.25, 0.3) is 0 Å². The summed E-state index contributed by atoms with van der Waals surface area (Å²) in [7, 11) is 0. The highest BCUT2D eigenvalue weighted by atomic mass is 35.5. The standard InChI is InChI=1S/C9H10F3NO.ClH/c1-2-13-7-4-3-5-8(6-7)14-9(10,11)12;/h3-6,13H,2H2,1H3;1H. The van der Waals surface area contributed by atoms with E-state index in [9.17, 15) is 13.2 Å². The monoisotopic (exact) mass is 241 g/mol. The summed E-state index contributed by atoms with van der Waals surface area (Å²) in [6, 6.07) is 5.73. The largest absolute Gasteiger partial charge is 0.573 e. The Morgan fingerprint density at radius 1 is 1.33 bits per heavy atom. The van der Waals surface area contributed by atoms with Gasteiger partial charge in [-0.05, 0) is 19.1 Å². The Kier molecular flexibility index (Phi) is 5.28. The molecule has 0 aliphatic rings. The lowest BCUT2D eigenvalue weighted by molar-refractivity contribution is -0.274. The molecular weight excluding hydrogens is 231 g/mol. The summed E-state index contributed by atoms with van der Waals surface area (Å²) in [6.07, 6.45) is -4.63. The van der Waals surface area contributed by atoms with Crippen LogP contribution in [0.4, 0.5) is 18.9 Å². The van der Waals surface area contributed by atoms with Crippen molar-refractivity contribution >= 4 is 18.1 Å². The van der Waals surface area contributed by atoms with E-state index < -0.39 is 6.36 Å². The highest BCUT2D eigenvalue weighted by molar-refractivity contribution is 5.85. The fourth-order valence-electron chi connectivity index (χ4n) is 1.01. The van der Waals surface area contributed by atoms with Crippen LogP contribution in [-0.4, -0.2) is 12.9 Å². The van der Waals surface area contributed by atoms with E-state index in [0.29, 0.717) is 12.2 Å². The maximum Gasteiger partial charge on any atom is 0.573 e. The van der Waals surface area contributed by atoms with Crippen molar-refractivity contribution in [2.24, 2.45) is 0 Å². The van der Waals surface area contributed by atoms with Crippen LogP contribution in [0.15, 0.2) is 24.3 Å². The quantitative estimate of drug-likeness (QED) is 0.875. The maximum atomic E-state index is 11.8. The minimum absolute atomic E-state index is 0. The van der Waals surface area contributed by atoms with Crippen molar-refractivity contribution in [1.82, 2.24) is 0 Å². The van der Waals surface area contributed by atoms with Crippen LogP contribution < -0.4 is 10.1 Å². The van der Waals surface area contributed by atoms with Crippen LogP contribution >= 0.6 is 12.4 Å². The fourth-order valence-corrected chi connectivity index (χ4v) is 1.01. The predicted molar refractivity (Wildman–Crippen MR) is 54.5 cm³/mol. The van der Waals surface area contributed by atoms with E-state index >= 15 is 0 Å². The molecule has 1 N–H and O–H groups in total. The van der Waals surface area contributed by atoms with E-state index in [0.717, 1.165) is 0 Å². The molecule has 0 unspecified atom stereocenters. The topological polar surface area (TPSA) is 21.3 Å². The second-order valence-electron chi connectivity index (χ2n) is 2.61. The van der Waals surface area contributed by atoms with Crippen LogP contribution in [0.25, 0.3) is 0 Å². The zero-order chi connectivity index (χ0) is 10.6. The molecule has 1 aromatic rings. The Balaban J connectivity index is 0.00000196. The van der Waals surface area contributed by atoms with Crippen molar-refractivity contribution < 1.29 is 17.9 Å². The molecule has 1 rings (SSSR count). The number of nitrogens with one attached hydrogen (secondary N) is 1. The zero-order valence-corrected chi connectivity index (χ0v) is 8.78. The highest BCUT2D eigenvalue weighted by Gasteiger charge is 2.31. The average molecular weight is 242 g/mol. The normalized spacial score (nSPS) is 10.4. The molecule has 0 radical (unpaired) electrons. The number of benzene rings is 1. The summed E-state index contributed by atoms with van der Waals surface area (Å²) in [4.78, 5) is 0. The molecule has 0 aliphatic carbocycles. The molecule has 0 aromatic heterocycles. The van der Waals surface area contributed by atoms with Gasteiger partial charge in [0.2, 0.25) is 0 Å². The van der Waals surface area contributed by atoms with E-state index in [1.54, 1.807) is 6.07 Å². The van der Waals surface area contributed by atoms with Gasteiger partial charge in [-0.3, -0.25) is 0 Å². The molecule has 0 aliphatic heterocycles. The van der Waals surface area contributed by atoms with E-state index in [4.69, 9.17) is 0 Å². The van der Waals surface area contributed by atoms with Gasteiger partial charge in [-0.25, -0.2) is 0 Å². The number of alkyl halides is 3. The van der Waals surface area contributed by atoms with Gasteiger partial charge in [0.05, 0.1) is 0 Å². The van der Waals surface area contributed by atoms with Crippen LogP contribution in [-0.2, 0) is 0 Å². The lowest BCUT2D eigenvalue weighted by atomic mass is 10.3. The Bertz CT molecular complexity index is 304. The minimum Gasteiger partial charge on any atom is -0.406 e. The first-order valence-electron chi connectivity index (χ1n) is 4.11. The molecule has 15 heavy (non-hydrogen) atoms. The average Bonchev–Trinajstić information content (AvgIpc) is 2.02. The van der Waals surface area contributed by atoms with Crippen molar-refractivity contribution in [2.45, 2.75) is 13.3 Å². The Morgan fingerprint density at radius 3 is 2.53 bits per heavy atom. The zero-order valence-electron chi connectivity index (χ0n) is 7.97. The molecule has 86 valence electrons. The number of hydrogen-bond acceptors (Lipinski definition) is 2. The van der Waals surface area contributed by atoms with Crippen LogP contribution in [0.5, 0.6) is 5.75 Å². The van der Waals surface area contributed by atoms with E-state index in [2.05, 4.69) is 10.1 Å². The Hall–Kier alpha value is -1.10. The first-order chi connectivity index (χ1) is 6.51. The summed E-state index contributed by atoms with van der Waals surface area (Å²) in [5.74, 6) is -0.212. The Morgan fingerprint density at radius 2 is 2.00 bits per heavy atom. The molecule has 0 spiro atoms. The molecule has 0 atom stereocenters. The molecule has 0 heterocycles. The number of anilines is 1. The van der Waals surface area contributed by atoms with E-state index in [-0.39, 0.29) is 18.2 Å². The number of halogens is 4. The first kappa shape index (κ1) is 13.9. The first-order valence-corrected chi connectivity index (χ1v) is 4.11. The van der Waals surface area contributed by atoms with Crippen molar-refractivity contribution in [2.75, 3.05) is 11.9 Å². The molecule has 0 saturated heterocycles. The van der Waals surface area contributed by atoms with Gasteiger partial charge in [0.1, 0.15) is 5.75 Å². The molecule has 0 fully saturated rings. The summed E-state index contributed by atoms with van der Waals surface area (Å²) in [5.41, 5.74) is 0.606. The lowest BCUT2D eigenvalue weighted by Gasteiger charge is -2.10. The predicted octanol–water partition coefficient (Wildman–Crippen LogP) is 3.44. The van der Waals surface area contributed by atoms with Gasteiger partial charge < -0.3 is 10.1 Å². The van der Waals surface area contributed by atoms with Crippen molar-refractivity contribution in [1.29, 1.82) is 0 Å². The molecule has 6 heteroatoms. The third-order valence-electron chi connectivity index (χ3n) is 1.45. The summed E-state index contributed by atoms with van der Waals surface area (Å²) >= 11 is 0. The second-order valence-corrected chi connectivity index (χ2v) is 2.61. The van der Waals surface area contributed by atoms with Gasteiger partial charge in [-0.2, -0.15) is 0 Å². The number of rotatable bonds is 3. The van der Waals surface area contributed by atoms with Gasteiger partial charge in [-0.15, -0.1) is 25.6 Å². The number of ether oxygens (including phenoxy) is 1. The van der Waals surface area contributed by atoms with Crippen molar-refractivity contribution in [3.05, 3.63) is 24.3 Å². The molecule has 0 amide bonds. The van der Waals surface area contributed by atoms with Crippen molar-refractivity contribution in [3.8, 4) is 5.75 Å². The third-order valence-corrected chi connectivity index (χ3v) is 1.45. The van der Waals surface area contributed by atoms with Crippen molar-refractivity contribution in [3.63, 3.8) is 0 Å². The summed E-state index contributed by atoms with van der Waals surface area (Å²) < 4.78 is 39.2. The maximum absolute atomic E-state index is 11.8. The van der Waals surface area contributed by atoms with Crippen LogP contribution in [0, 0.1) is 0 Å². The fraction of sp³-hybridized carbons (Fsp3) is 0.333. The van der Waals surface area contributed by atoms with E-state index in [1.807, 2.05) is 6.92 Å². The number of hydrogen-bond donors (Lipinski definition) is 1. The van der Waals surface area contributed by atoms with Gasteiger partial charge >= 0.3 is 6.36 Å². The molecule has 0 bridgehead atoms. The van der Waals surface area contributed by atoms with Crippen LogP contribution in [0.2, 0.25) is 0 Å². The smallest absolute Gasteiger partial charge is 0.406 e. The second kappa shape index (κ2) is 5.70. The lowest BCUT2D eigenvalue weighted by Crippen LogP contribution is -2.17. The molecule has 1 aromatic carbocycles. The van der Waals surface area contributed by atoms with Gasteiger partial charge in [-0.1, -0.05) is 6.07 Å². The van der Waals surface area contributed by atoms with E-state index in [1.165, 1.54) is 18.2 Å². The molecular formula is C9H11ClF3NO. The molecule has 2 nitrogen and oxygen atoms in total. The summed E-state index contributed by atoms with van der Waals surface area (Å²) in [5, 5.41) is 2.89. The third kappa shape index (κ3) is 5.37. The SMILES string of the molecule is CCNc1cccc(OC(F)(F)F)c1.Cl. The van der Waals surface area contributed by atoms with Crippen LogP contribution in [0.1, 0.15) is 6.92 Å². The molecule has 0 saturated carbocycles. The summed E-state index contributed by atoms with van der Waals surface area (Å²) in [6.45, 7) is 2.51. The van der Waals surface area contributed by atoms with Crippen LogP contribution in [0.3, 0.4) is 0 Å². The minimum atomic E-state index is -4.63.